The Hall–Kier alpha value is -2.17. The van der Waals surface area contributed by atoms with Crippen molar-refractivity contribution >= 4 is 10.0 Å². The van der Waals surface area contributed by atoms with Crippen molar-refractivity contribution in [3.05, 3.63) is 46.8 Å². The van der Waals surface area contributed by atoms with E-state index in [1.54, 1.807) is 19.2 Å². The Morgan fingerprint density at radius 1 is 1.40 bits per heavy atom. The quantitative estimate of drug-likeness (QED) is 0.888. The minimum Gasteiger partial charge on any atom is -0.283 e. The van der Waals surface area contributed by atoms with Crippen LogP contribution in [0.1, 0.15) is 22.4 Å². The van der Waals surface area contributed by atoms with E-state index in [-0.39, 0.29) is 11.4 Å². The molecule has 0 aliphatic heterocycles. The zero-order valence-electron chi connectivity index (χ0n) is 11.1. The lowest BCUT2D eigenvalue weighted by atomic mass is 10.2. The van der Waals surface area contributed by atoms with E-state index in [4.69, 9.17) is 5.26 Å². The highest BCUT2D eigenvalue weighted by Crippen LogP contribution is 2.17. The predicted octanol–water partition coefficient (Wildman–Crippen LogP) is 1.38. The largest absolute Gasteiger partial charge is 0.283 e. The second-order valence-corrected chi connectivity index (χ2v) is 6.17. The summed E-state index contributed by atoms with van der Waals surface area (Å²) in [6.45, 7) is 3.66. The van der Waals surface area contributed by atoms with Crippen LogP contribution in [0.3, 0.4) is 0 Å². The molecule has 2 rings (SSSR count). The van der Waals surface area contributed by atoms with Crippen molar-refractivity contribution in [2.24, 2.45) is 0 Å². The number of aromatic amines is 1. The summed E-state index contributed by atoms with van der Waals surface area (Å²) in [5.41, 5.74) is 2.59. The molecule has 6 nitrogen and oxygen atoms in total. The summed E-state index contributed by atoms with van der Waals surface area (Å²) in [6.07, 6.45) is 1.59. The number of hydrogen-bond donors (Lipinski definition) is 2. The van der Waals surface area contributed by atoms with Crippen molar-refractivity contribution in [3.8, 4) is 6.07 Å². The van der Waals surface area contributed by atoms with E-state index in [2.05, 4.69) is 14.9 Å². The van der Waals surface area contributed by atoms with Crippen molar-refractivity contribution in [3.63, 3.8) is 0 Å². The van der Waals surface area contributed by atoms with E-state index < -0.39 is 10.0 Å². The van der Waals surface area contributed by atoms with Crippen molar-refractivity contribution in [1.29, 1.82) is 5.26 Å². The summed E-state index contributed by atoms with van der Waals surface area (Å²) in [6, 6.07) is 6.47. The van der Waals surface area contributed by atoms with Gasteiger partial charge in [-0.1, -0.05) is 0 Å². The highest BCUT2D eigenvalue weighted by molar-refractivity contribution is 7.89. The molecule has 1 aromatic carbocycles. The predicted molar refractivity (Wildman–Crippen MR) is 73.2 cm³/mol. The molecule has 0 bridgehead atoms. The first-order valence-electron chi connectivity index (χ1n) is 5.93. The molecule has 0 spiro atoms. The normalized spacial score (nSPS) is 11.2. The Morgan fingerprint density at radius 2 is 2.15 bits per heavy atom. The zero-order valence-corrected chi connectivity index (χ0v) is 12.0. The standard InChI is InChI=1S/C13H14N4O2S/c1-9-5-11(6-14)3-4-13(9)20(18,19)16-8-12-7-15-17-10(12)2/h3-5,7,16H,8H2,1-2H3,(H,15,17). The molecule has 0 aliphatic rings. The summed E-state index contributed by atoms with van der Waals surface area (Å²) < 4.78 is 27.0. The van der Waals surface area contributed by atoms with Crippen LogP contribution in [0.2, 0.25) is 0 Å². The van der Waals surface area contributed by atoms with Gasteiger partial charge >= 0.3 is 0 Å². The number of H-pyrrole nitrogens is 1. The van der Waals surface area contributed by atoms with Gasteiger partial charge in [-0.05, 0) is 37.6 Å². The van der Waals surface area contributed by atoms with Crippen LogP contribution >= 0.6 is 0 Å². The van der Waals surface area contributed by atoms with Gasteiger partial charge in [-0.15, -0.1) is 0 Å². The average Bonchev–Trinajstić information content (AvgIpc) is 2.81. The number of benzene rings is 1. The topological polar surface area (TPSA) is 98.6 Å². The van der Waals surface area contributed by atoms with Crippen molar-refractivity contribution < 1.29 is 8.42 Å². The molecule has 0 aliphatic carbocycles. The highest BCUT2D eigenvalue weighted by Gasteiger charge is 2.17. The molecule has 104 valence electrons. The maximum atomic E-state index is 12.2. The molecule has 2 aromatic rings. The Bertz CT molecular complexity index is 772. The maximum absolute atomic E-state index is 12.2. The van der Waals surface area contributed by atoms with E-state index in [0.717, 1.165) is 11.3 Å². The SMILES string of the molecule is Cc1cc(C#N)ccc1S(=O)(=O)NCc1cn[nH]c1C. The van der Waals surface area contributed by atoms with Crippen molar-refractivity contribution in [2.45, 2.75) is 25.3 Å². The maximum Gasteiger partial charge on any atom is 0.241 e. The van der Waals surface area contributed by atoms with Crippen LogP contribution in [0.15, 0.2) is 29.3 Å². The number of hydrogen-bond acceptors (Lipinski definition) is 4. The number of nitrogens with one attached hydrogen (secondary N) is 2. The van der Waals surface area contributed by atoms with Crippen LogP contribution in [0, 0.1) is 25.2 Å². The Labute approximate surface area is 117 Å². The molecule has 20 heavy (non-hydrogen) atoms. The first-order chi connectivity index (χ1) is 9.44. The molecular weight excluding hydrogens is 276 g/mol. The molecule has 1 heterocycles. The zero-order chi connectivity index (χ0) is 14.8. The molecule has 0 fully saturated rings. The molecule has 0 unspecified atom stereocenters. The van der Waals surface area contributed by atoms with Crippen LogP contribution in [-0.4, -0.2) is 18.6 Å². The van der Waals surface area contributed by atoms with Gasteiger partial charge in [0.15, 0.2) is 0 Å². The van der Waals surface area contributed by atoms with E-state index in [9.17, 15) is 8.42 Å². The summed E-state index contributed by atoms with van der Waals surface area (Å²) in [5.74, 6) is 0. The fourth-order valence-electron chi connectivity index (χ4n) is 1.82. The van der Waals surface area contributed by atoms with Crippen molar-refractivity contribution in [2.75, 3.05) is 0 Å². The van der Waals surface area contributed by atoms with Gasteiger partial charge in [-0.3, -0.25) is 5.10 Å². The average molecular weight is 290 g/mol. The lowest BCUT2D eigenvalue weighted by molar-refractivity contribution is 0.580. The number of nitriles is 1. The monoisotopic (exact) mass is 290 g/mol. The fraction of sp³-hybridized carbons (Fsp3) is 0.231. The molecule has 0 saturated heterocycles. The molecule has 1 aromatic heterocycles. The molecule has 0 radical (unpaired) electrons. The van der Waals surface area contributed by atoms with Gasteiger partial charge in [0.05, 0.1) is 22.7 Å². The lowest BCUT2D eigenvalue weighted by Crippen LogP contribution is -2.24. The molecular formula is C13H14N4O2S. The van der Waals surface area contributed by atoms with E-state index >= 15 is 0 Å². The summed E-state index contributed by atoms with van der Waals surface area (Å²) >= 11 is 0. The number of aromatic nitrogens is 2. The second kappa shape index (κ2) is 5.45. The Balaban J connectivity index is 2.23. The molecule has 0 atom stereocenters. The number of nitrogens with zero attached hydrogens (tertiary/aromatic N) is 2. The van der Waals surface area contributed by atoms with Crippen LogP contribution in [0.4, 0.5) is 0 Å². The lowest BCUT2D eigenvalue weighted by Gasteiger charge is -2.09. The van der Waals surface area contributed by atoms with Gasteiger partial charge in [0.2, 0.25) is 10.0 Å². The van der Waals surface area contributed by atoms with Crippen molar-refractivity contribution in [1.82, 2.24) is 14.9 Å². The Morgan fingerprint density at radius 3 is 2.70 bits per heavy atom. The van der Waals surface area contributed by atoms with Gasteiger partial charge < -0.3 is 0 Å². The smallest absolute Gasteiger partial charge is 0.241 e. The second-order valence-electron chi connectivity index (χ2n) is 4.44. The Kier molecular flexibility index (Phi) is 3.88. The van der Waals surface area contributed by atoms with E-state index in [1.165, 1.54) is 12.1 Å². The van der Waals surface area contributed by atoms with Gasteiger partial charge in [-0.2, -0.15) is 10.4 Å². The van der Waals surface area contributed by atoms with Gasteiger partial charge in [0, 0.05) is 17.8 Å². The van der Waals surface area contributed by atoms with E-state index in [1.807, 2.05) is 13.0 Å². The van der Waals surface area contributed by atoms with Crippen LogP contribution < -0.4 is 4.72 Å². The molecule has 2 N–H and O–H groups in total. The first-order valence-corrected chi connectivity index (χ1v) is 7.41. The number of rotatable bonds is 4. The first kappa shape index (κ1) is 14.2. The summed E-state index contributed by atoms with van der Waals surface area (Å²) in [7, 11) is -3.61. The fourth-order valence-corrected chi connectivity index (χ4v) is 3.06. The molecule has 0 saturated carbocycles. The third kappa shape index (κ3) is 2.87. The highest BCUT2D eigenvalue weighted by atomic mass is 32.2. The molecule has 0 amide bonds. The van der Waals surface area contributed by atoms with Crippen LogP contribution in [-0.2, 0) is 16.6 Å². The van der Waals surface area contributed by atoms with Gasteiger partial charge in [0.1, 0.15) is 0 Å². The van der Waals surface area contributed by atoms with Crippen LogP contribution in [0.5, 0.6) is 0 Å². The third-order valence-electron chi connectivity index (χ3n) is 2.98. The summed E-state index contributed by atoms with van der Waals surface area (Å²) in [4.78, 5) is 0.178. The van der Waals surface area contributed by atoms with Gasteiger partial charge in [0.25, 0.3) is 0 Å². The van der Waals surface area contributed by atoms with Crippen LogP contribution in [0.25, 0.3) is 0 Å². The van der Waals surface area contributed by atoms with E-state index in [0.29, 0.717) is 11.1 Å². The number of sulfonamides is 1. The third-order valence-corrected chi connectivity index (χ3v) is 4.54. The summed E-state index contributed by atoms with van der Waals surface area (Å²) in [5, 5.41) is 15.4. The molecule has 7 heteroatoms. The minimum atomic E-state index is -3.61. The van der Waals surface area contributed by atoms with Gasteiger partial charge in [-0.25, -0.2) is 13.1 Å². The number of aryl methyl sites for hydroxylation is 2. The minimum absolute atomic E-state index is 0.171.